The van der Waals surface area contributed by atoms with Crippen molar-refractivity contribution in [1.82, 2.24) is 0 Å². The van der Waals surface area contributed by atoms with E-state index in [1.807, 2.05) is 0 Å². The Morgan fingerprint density at radius 3 is 2.50 bits per heavy atom. The smallest absolute Gasteiger partial charge is 0.177 e. The maximum atomic E-state index is 10.3. The van der Waals surface area contributed by atoms with E-state index in [0.717, 1.165) is 11.8 Å². The second kappa shape index (κ2) is 3.88. The van der Waals surface area contributed by atoms with Crippen LogP contribution in [-0.4, -0.2) is 17.4 Å². The largest absolute Gasteiger partial charge is 0.508 e. The Labute approximate surface area is 70.8 Å². The zero-order valence-electron chi connectivity index (χ0n) is 6.73. The van der Waals surface area contributed by atoms with Crippen LogP contribution < -0.4 is 5.73 Å². The molecule has 3 heteroatoms. The minimum atomic E-state index is -0.199. The van der Waals surface area contributed by atoms with Crippen LogP contribution in [0.15, 0.2) is 24.3 Å². The topological polar surface area (TPSA) is 64.9 Å². The van der Waals surface area contributed by atoms with E-state index in [2.05, 4.69) is 5.73 Å². The SMILES string of the molecule is [NH3+]C(C=O)Cc1ccc(O)cc1. The van der Waals surface area contributed by atoms with E-state index in [9.17, 15) is 4.79 Å². The van der Waals surface area contributed by atoms with Crippen LogP contribution in [0.1, 0.15) is 5.56 Å². The fourth-order valence-electron chi connectivity index (χ4n) is 0.983. The van der Waals surface area contributed by atoms with Crippen LogP contribution in [0, 0.1) is 0 Å². The molecule has 1 unspecified atom stereocenters. The van der Waals surface area contributed by atoms with Crippen molar-refractivity contribution in [3.63, 3.8) is 0 Å². The first-order chi connectivity index (χ1) is 5.72. The van der Waals surface area contributed by atoms with Crippen LogP contribution in [0.3, 0.4) is 0 Å². The predicted octanol–water partition coefficient (Wildman–Crippen LogP) is -0.256. The number of carbonyl (C=O) groups excluding carboxylic acids is 1. The van der Waals surface area contributed by atoms with E-state index in [4.69, 9.17) is 5.11 Å². The number of quaternary nitrogens is 1. The lowest BCUT2D eigenvalue weighted by molar-refractivity contribution is -0.399. The number of aldehydes is 1. The molecule has 0 saturated heterocycles. The molecule has 0 saturated carbocycles. The van der Waals surface area contributed by atoms with Gasteiger partial charge in [-0.3, -0.25) is 4.79 Å². The van der Waals surface area contributed by atoms with Crippen LogP contribution >= 0.6 is 0 Å². The normalized spacial score (nSPS) is 12.4. The first-order valence-corrected chi connectivity index (χ1v) is 3.78. The lowest BCUT2D eigenvalue weighted by Gasteiger charge is -2.00. The van der Waals surface area contributed by atoms with Gasteiger partial charge in [-0.15, -0.1) is 0 Å². The van der Waals surface area contributed by atoms with Gasteiger partial charge in [-0.1, -0.05) is 12.1 Å². The quantitative estimate of drug-likeness (QED) is 0.608. The summed E-state index contributed by atoms with van der Waals surface area (Å²) in [5.41, 5.74) is 4.66. The van der Waals surface area contributed by atoms with Crippen LogP contribution in [0.4, 0.5) is 0 Å². The Hall–Kier alpha value is -1.35. The molecule has 0 radical (unpaired) electrons. The van der Waals surface area contributed by atoms with Gasteiger partial charge in [0.05, 0.1) is 0 Å². The van der Waals surface area contributed by atoms with Gasteiger partial charge < -0.3 is 10.8 Å². The van der Waals surface area contributed by atoms with Gasteiger partial charge >= 0.3 is 0 Å². The summed E-state index contributed by atoms with van der Waals surface area (Å²) < 4.78 is 0. The predicted molar refractivity (Wildman–Crippen MR) is 44.6 cm³/mol. The van der Waals surface area contributed by atoms with Crippen molar-refractivity contribution in [3.8, 4) is 5.75 Å². The maximum absolute atomic E-state index is 10.3. The number of hydrogen-bond donors (Lipinski definition) is 2. The highest BCUT2D eigenvalue weighted by atomic mass is 16.3. The molecule has 4 N–H and O–H groups in total. The summed E-state index contributed by atoms with van der Waals surface area (Å²) in [5, 5.41) is 8.96. The molecule has 1 aromatic carbocycles. The summed E-state index contributed by atoms with van der Waals surface area (Å²) in [6.07, 6.45) is 1.45. The van der Waals surface area contributed by atoms with Gasteiger partial charge in [-0.2, -0.15) is 0 Å². The van der Waals surface area contributed by atoms with Crippen molar-refractivity contribution in [3.05, 3.63) is 29.8 Å². The molecule has 1 atom stereocenters. The van der Waals surface area contributed by atoms with Crippen molar-refractivity contribution in [1.29, 1.82) is 0 Å². The highest BCUT2D eigenvalue weighted by molar-refractivity contribution is 5.55. The molecule has 64 valence electrons. The first-order valence-electron chi connectivity index (χ1n) is 3.78. The second-order valence-electron chi connectivity index (χ2n) is 2.77. The van der Waals surface area contributed by atoms with Crippen LogP contribution in [0.5, 0.6) is 5.75 Å². The number of hydrogen-bond acceptors (Lipinski definition) is 2. The first kappa shape index (κ1) is 8.74. The van der Waals surface area contributed by atoms with Crippen molar-refractivity contribution < 1.29 is 15.6 Å². The molecule has 0 aliphatic rings. The van der Waals surface area contributed by atoms with Crippen molar-refractivity contribution in [2.24, 2.45) is 0 Å². The average molecular weight is 166 g/mol. The number of benzene rings is 1. The summed E-state index contributed by atoms with van der Waals surface area (Å²) in [6.45, 7) is 0. The van der Waals surface area contributed by atoms with E-state index < -0.39 is 0 Å². The molecular weight excluding hydrogens is 154 g/mol. The molecule has 0 heterocycles. The highest BCUT2D eigenvalue weighted by Gasteiger charge is 2.04. The minimum absolute atomic E-state index is 0.199. The third-order valence-electron chi connectivity index (χ3n) is 1.63. The minimum Gasteiger partial charge on any atom is -0.508 e. The maximum Gasteiger partial charge on any atom is 0.177 e. The molecule has 3 nitrogen and oxygen atoms in total. The fraction of sp³-hybridized carbons (Fsp3) is 0.222. The van der Waals surface area contributed by atoms with E-state index in [1.165, 1.54) is 0 Å². The van der Waals surface area contributed by atoms with Gasteiger partial charge in [0.15, 0.2) is 6.29 Å². The Morgan fingerprint density at radius 1 is 1.42 bits per heavy atom. The summed E-state index contributed by atoms with van der Waals surface area (Å²) >= 11 is 0. The van der Waals surface area contributed by atoms with E-state index in [-0.39, 0.29) is 11.8 Å². The summed E-state index contributed by atoms with van der Waals surface area (Å²) in [4.78, 5) is 10.3. The third kappa shape index (κ3) is 2.36. The lowest BCUT2D eigenvalue weighted by atomic mass is 10.1. The monoisotopic (exact) mass is 166 g/mol. The molecule has 0 spiro atoms. The van der Waals surface area contributed by atoms with Crippen LogP contribution in [0.25, 0.3) is 0 Å². The Morgan fingerprint density at radius 2 is 2.00 bits per heavy atom. The second-order valence-corrected chi connectivity index (χ2v) is 2.77. The van der Waals surface area contributed by atoms with Crippen LogP contribution in [0.2, 0.25) is 0 Å². The van der Waals surface area contributed by atoms with E-state index in [1.54, 1.807) is 24.3 Å². The number of carbonyl (C=O) groups is 1. The molecule has 0 bridgehead atoms. The molecule has 0 fully saturated rings. The van der Waals surface area contributed by atoms with Gasteiger partial charge in [0, 0.05) is 6.42 Å². The third-order valence-corrected chi connectivity index (χ3v) is 1.63. The van der Waals surface area contributed by atoms with Gasteiger partial charge in [0.25, 0.3) is 0 Å². The van der Waals surface area contributed by atoms with Crippen LogP contribution in [-0.2, 0) is 11.2 Å². The van der Waals surface area contributed by atoms with E-state index in [0.29, 0.717) is 6.42 Å². The standard InChI is InChI=1S/C9H11NO2/c10-8(6-11)5-7-1-3-9(12)4-2-7/h1-4,6,8,12H,5,10H2/p+1. The number of aromatic hydroxyl groups is 1. The van der Waals surface area contributed by atoms with Crippen molar-refractivity contribution in [2.75, 3.05) is 0 Å². The summed E-state index contributed by atoms with van der Waals surface area (Å²) in [7, 11) is 0. The van der Waals surface area contributed by atoms with Gasteiger partial charge in [-0.25, -0.2) is 0 Å². The fourth-order valence-corrected chi connectivity index (χ4v) is 0.983. The highest BCUT2D eigenvalue weighted by Crippen LogP contribution is 2.09. The molecule has 0 amide bonds. The number of phenols is 1. The molecule has 1 aromatic rings. The summed E-state index contributed by atoms with van der Waals surface area (Å²) in [6, 6.07) is 6.59. The van der Waals surface area contributed by atoms with Crippen molar-refractivity contribution >= 4 is 6.29 Å². The van der Waals surface area contributed by atoms with Gasteiger partial charge in [0.2, 0.25) is 0 Å². The Kier molecular flexibility index (Phi) is 2.82. The summed E-state index contributed by atoms with van der Waals surface area (Å²) in [5.74, 6) is 0.241. The average Bonchev–Trinajstić information content (AvgIpc) is 2.09. The molecule has 0 aliphatic carbocycles. The molecule has 0 aromatic heterocycles. The number of phenolic OH excluding ortho intramolecular Hbond substituents is 1. The zero-order valence-corrected chi connectivity index (χ0v) is 6.73. The Balaban J connectivity index is 2.64. The van der Waals surface area contributed by atoms with Crippen molar-refractivity contribution in [2.45, 2.75) is 12.5 Å². The zero-order chi connectivity index (χ0) is 8.97. The number of rotatable bonds is 3. The molecular formula is C9H12NO2+. The molecule has 1 rings (SSSR count). The van der Waals surface area contributed by atoms with E-state index >= 15 is 0 Å². The van der Waals surface area contributed by atoms with Gasteiger partial charge in [-0.05, 0) is 17.7 Å². The Bertz CT molecular complexity index is 256. The lowest BCUT2D eigenvalue weighted by Crippen LogP contribution is -2.62. The molecule has 0 aliphatic heterocycles. The molecule has 12 heavy (non-hydrogen) atoms. The van der Waals surface area contributed by atoms with Gasteiger partial charge in [0.1, 0.15) is 11.8 Å².